The molecular weight excluding hydrogens is 298 g/mol. The van der Waals surface area contributed by atoms with Gasteiger partial charge in [-0.05, 0) is 43.5 Å². The van der Waals surface area contributed by atoms with Gasteiger partial charge in [0, 0.05) is 36.8 Å². The maximum Gasteiger partial charge on any atom is 0.256 e. The lowest BCUT2D eigenvalue weighted by molar-refractivity contribution is 0.0750. The molecule has 0 saturated carbocycles. The second-order valence-electron chi connectivity index (χ2n) is 6.17. The Bertz CT molecular complexity index is 733. The number of amides is 1. The molecule has 2 unspecified atom stereocenters. The van der Waals surface area contributed by atoms with Crippen LogP contribution in [-0.2, 0) is 0 Å². The van der Waals surface area contributed by atoms with Crippen LogP contribution in [0.25, 0.3) is 10.9 Å². The molecule has 3 heterocycles. The Morgan fingerprint density at radius 2 is 2.09 bits per heavy atom. The summed E-state index contributed by atoms with van der Waals surface area (Å²) >= 11 is 6.22. The largest absolute Gasteiger partial charge is 0.337 e. The molecule has 5 heteroatoms. The van der Waals surface area contributed by atoms with Crippen LogP contribution in [0.2, 0.25) is 5.02 Å². The Morgan fingerprint density at radius 3 is 3.00 bits per heavy atom. The SMILES string of the molecule is O=C(c1ccc(Cl)c2cccnc12)N1CCC2CCC(C1)N2. The molecule has 1 N–H and O–H groups in total. The third-order valence-corrected chi connectivity index (χ3v) is 5.09. The van der Waals surface area contributed by atoms with Crippen LogP contribution in [-0.4, -0.2) is 41.0 Å². The predicted octanol–water partition coefficient (Wildman–Crippen LogP) is 2.85. The summed E-state index contributed by atoms with van der Waals surface area (Å²) in [6.45, 7) is 1.59. The molecule has 2 atom stereocenters. The Hall–Kier alpha value is -1.65. The summed E-state index contributed by atoms with van der Waals surface area (Å²) in [6, 6.07) is 8.35. The normalized spacial score (nSPS) is 24.5. The minimum absolute atomic E-state index is 0.0646. The quantitative estimate of drug-likeness (QED) is 0.880. The minimum atomic E-state index is 0.0646. The summed E-state index contributed by atoms with van der Waals surface area (Å²) < 4.78 is 0. The maximum atomic E-state index is 13.0. The van der Waals surface area contributed by atoms with Gasteiger partial charge >= 0.3 is 0 Å². The van der Waals surface area contributed by atoms with E-state index in [2.05, 4.69) is 10.3 Å². The first-order chi connectivity index (χ1) is 10.7. The molecule has 2 bridgehead atoms. The van der Waals surface area contributed by atoms with E-state index in [9.17, 15) is 4.79 Å². The van der Waals surface area contributed by atoms with Crippen molar-refractivity contribution in [2.75, 3.05) is 13.1 Å². The first-order valence-corrected chi connectivity index (χ1v) is 8.19. The van der Waals surface area contributed by atoms with E-state index in [0.29, 0.717) is 28.2 Å². The van der Waals surface area contributed by atoms with Crippen LogP contribution >= 0.6 is 11.6 Å². The molecule has 2 aliphatic rings. The lowest BCUT2D eigenvalue weighted by atomic mass is 10.1. The van der Waals surface area contributed by atoms with Gasteiger partial charge in [0.2, 0.25) is 0 Å². The summed E-state index contributed by atoms with van der Waals surface area (Å²) in [4.78, 5) is 19.3. The van der Waals surface area contributed by atoms with Gasteiger partial charge in [0.25, 0.3) is 5.91 Å². The number of carbonyl (C=O) groups is 1. The molecule has 22 heavy (non-hydrogen) atoms. The Kier molecular flexibility index (Phi) is 3.51. The molecule has 2 aromatic rings. The van der Waals surface area contributed by atoms with E-state index < -0.39 is 0 Å². The molecule has 1 amide bonds. The second-order valence-corrected chi connectivity index (χ2v) is 6.58. The lowest BCUT2D eigenvalue weighted by Crippen LogP contribution is -2.39. The molecule has 0 spiro atoms. The van der Waals surface area contributed by atoms with Gasteiger partial charge in [-0.25, -0.2) is 0 Å². The average Bonchev–Trinajstić information content (AvgIpc) is 2.86. The van der Waals surface area contributed by atoms with Crippen molar-refractivity contribution in [2.45, 2.75) is 31.3 Å². The van der Waals surface area contributed by atoms with Crippen molar-refractivity contribution in [3.63, 3.8) is 0 Å². The Labute approximate surface area is 134 Å². The van der Waals surface area contributed by atoms with Crippen LogP contribution in [0.1, 0.15) is 29.6 Å². The summed E-state index contributed by atoms with van der Waals surface area (Å²) in [5.41, 5.74) is 1.35. The number of carbonyl (C=O) groups excluding carboxylic acids is 1. The van der Waals surface area contributed by atoms with Gasteiger partial charge in [0.05, 0.1) is 16.1 Å². The van der Waals surface area contributed by atoms with Crippen LogP contribution in [0.3, 0.4) is 0 Å². The van der Waals surface area contributed by atoms with Gasteiger partial charge < -0.3 is 10.2 Å². The zero-order chi connectivity index (χ0) is 15.1. The molecule has 2 saturated heterocycles. The smallest absolute Gasteiger partial charge is 0.256 e. The van der Waals surface area contributed by atoms with Gasteiger partial charge in [-0.1, -0.05) is 11.6 Å². The van der Waals surface area contributed by atoms with Gasteiger partial charge in [-0.3, -0.25) is 9.78 Å². The highest BCUT2D eigenvalue weighted by Crippen LogP contribution is 2.27. The second kappa shape index (κ2) is 5.52. The van der Waals surface area contributed by atoms with Crippen molar-refractivity contribution in [1.29, 1.82) is 0 Å². The zero-order valence-electron chi connectivity index (χ0n) is 12.3. The molecule has 4 rings (SSSR count). The summed E-state index contributed by atoms with van der Waals surface area (Å²) in [7, 11) is 0. The number of hydrogen-bond acceptors (Lipinski definition) is 3. The van der Waals surface area contributed by atoms with Crippen molar-refractivity contribution >= 4 is 28.4 Å². The summed E-state index contributed by atoms with van der Waals surface area (Å²) in [5.74, 6) is 0.0646. The van der Waals surface area contributed by atoms with E-state index in [0.717, 1.165) is 31.3 Å². The fraction of sp³-hybridized carbons (Fsp3) is 0.412. The van der Waals surface area contributed by atoms with Gasteiger partial charge in [0.1, 0.15) is 0 Å². The number of rotatable bonds is 1. The molecule has 114 valence electrons. The van der Waals surface area contributed by atoms with E-state index in [1.165, 1.54) is 6.42 Å². The molecule has 1 aromatic carbocycles. The van der Waals surface area contributed by atoms with Crippen molar-refractivity contribution in [1.82, 2.24) is 15.2 Å². The molecule has 2 fully saturated rings. The van der Waals surface area contributed by atoms with Gasteiger partial charge in [0.15, 0.2) is 0 Å². The highest BCUT2D eigenvalue weighted by atomic mass is 35.5. The number of nitrogens with one attached hydrogen (secondary N) is 1. The molecule has 4 nitrogen and oxygen atoms in total. The standard InChI is InChI=1S/C17H18ClN3O/c18-15-6-5-14(16-13(15)2-1-8-19-16)17(22)21-9-7-11-3-4-12(10-21)20-11/h1-2,5-6,8,11-12,20H,3-4,7,9-10H2. The van der Waals surface area contributed by atoms with E-state index in [1.807, 2.05) is 17.0 Å². The molecule has 0 radical (unpaired) electrons. The van der Waals surface area contributed by atoms with Crippen LogP contribution in [0.4, 0.5) is 0 Å². The topological polar surface area (TPSA) is 45.2 Å². The lowest BCUT2D eigenvalue weighted by Gasteiger charge is -2.24. The number of likely N-dealkylation sites (tertiary alicyclic amines) is 1. The van der Waals surface area contributed by atoms with E-state index in [4.69, 9.17) is 11.6 Å². The van der Waals surface area contributed by atoms with Crippen molar-refractivity contribution in [3.8, 4) is 0 Å². The third-order valence-electron chi connectivity index (χ3n) is 4.76. The first kappa shape index (κ1) is 14.0. The minimum Gasteiger partial charge on any atom is -0.337 e. The van der Waals surface area contributed by atoms with Gasteiger partial charge in [-0.15, -0.1) is 0 Å². The number of pyridine rings is 1. The van der Waals surface area contributed by atoms with Crippen molar-refractivity contribution in [3.05, 3.63) is 41.0 Å². The van der Waals surface area contributed by atoms with Crippen molar-refractivity contribution < 1.29 is 4.79 Å². The summed E-state index contributed by atoms with van der Waals surface area (Å²) in [5, 5.41) is 5.08. The Morgan fingerprint density at radius 1 is 1.23 bits per heavy atom. The van der Waals surface area contributed by atoms with Crippen LogP contribution in [0.15, 0.2) is 30.5 Å². The van der Waals surface area contributed by atoms with E-state index in [-0.39, 0.29) is 5.91 Å². The van der Waals surface area contributed by atoms with Crippen molar-refractivity contribution in [2.24, 2.45) is 0 Å². The predicted molar refractivity (Wildman–Crippen MR) is 87.2 cm³/mol. The first-order valence-electron chi connectivity index (χ1n) is 7.81. The third kappa shape index (κ3) is 2.36. The van der Waals surface area contributed by atoms with Crippen LogP contribution in [0, 0.1) is 0 Å². The number of halogens is 1. The number of benzene rings is 1. The van der Waals surface area contributed by atoms with Gasteiger partial charge in [-0.2, -0.15) is 0 Å². The molecule has 2 aliphatic heterocycles. The Balaban J connectivity index is 1.69. The number of nitrogens with zero attached hydrogens (tertiary/aromatic N) is 2. The fourth-order valence-corrected chi connectivity index (χ4v) is 3.82. The number of fused-ring (bicyclic) bond motifs is 3. The van der Waals surface area contributed by atoms with Crippen LogP contribution in [0.5, 0.6) is 0 Å². The number of aromatic nitrogens is 1. The van der Waals surface area contributed by atoms with Crippen LogP contribution < -0.4 is 5.32 Å². The molecular formula is C17H18ClN3O. The average molecular weight is 316 g/mol. The highest BCUT2D eigenvalue weighted by Gasteiger charge is 2.32. The highest BCUT2D eigenvalue weighted by molar-refractivity contribution is 6.36. The molecule has 0 aliphatic carbocycles. The zero-order valence-corrected chi connectivity index (χ0v) is 13.0. The maximum absolute atomic E-state index is 13.0. The van der Waals surface area contributed by atoms with E-state index >= 15 is 0 Å². The van der Waals surface area contributed by atoms with E-state index in [1.54, 1.807) is 18.3 Å². The fourth-order valence-electron chi connectivity index (χ4n) is 3.61. The molecule has 1 aromatic heterocycles. The monoisotopic (exact) mass is 315 g/mol. The summed E-state index contributed by atoms with van der Waals surface area (Å²) in [6.07, 6.45) is 5.13. The number of hydrogen-bond donors (Lipinski definition) is 1.